The van der Waals surface area contributed by atoms with E-state index in [2.05, 4.69) is 47.6 Å². The van der Waals surface area contributed by atoms with Gasteiger partial charge in [-0.25, -0.2) is 4.79 Å². The van der Waals surface area contributed by atoms with Crippen molar-refractivity contribution in [3.63, 3.8) is 0 Å². The lowest BCUT2D eigenvalue weighted by Crippen LogP contribution is -2.57. The van der Waals surface area contributed by atoms with Crippen LogP contribution in [-0.4, -0.2) is 35.5 Å². The molecule has 0 unspecified atom stereocenters. The molecule has 0 radical (unpaired) electrons. The Morgan fingerprint density at radius 3 is 2.43 bits per heavy atom. The Morgan fingerprint density at radius 1 is 1.07 bits per heavy atom. The van der Waals surface area contributed by atoms with Crippen LogP contribution in [-0.2, 0) is 17.8 Å². The van der Waals surface area contributed by atoms with Crippen LogP contribution >= 0.6 is 11.6 Å². The number of halogens is 1. The molecule has 3 amide bonds. The lowest BCUT2D eigenvalue weighted by molar-refractivity contribution is -0.126. The predicted molar refractivity (Wildman–Crippen MR) is 118 cm³/mol. The number of rotatable bonds is 5. The van der Waals surface area contributed by atoms with Crippen molar-refractivity contribution < 1.29 is 9.59 Å². The summed E-state index contributed by atoms with van der Waals surface area (Å²) in [5.41, 5.74) is 3.88. The number of carbonyl (C=O) groups is 2. The Balaban J connectivity index is 1.49. The van der Waals surface area contributed by atoms with Gasteiger partial charge in [-0.3, -0.25) is 15.0 Å². The molecule has 0 spiro atoms. The fourth-order valence-corrected chi connectivity index (χ4v) is 5.05. The molecule has 2 heterocycles. The topological polar surface area (TPSA) is 61.4 Å². The van der Waals surface area contributed by atoms with E-state index in [1.54, 1.807) is 0 Å². The van der Waals surface area contributed by atoms with Gasteiger partial charge in [0.1, 0.15) is 5.54 Å². The van der Waals surface area contributed by atoms with Gasteiger partial charge in [0.2, 0.25) is 0 Å². The van der Waals surface area contributed by atoms with Crippen molar-refractivity contribution in [3.05, 3.63) is 69.7 Å². The molecular weight excluding hydrogens is 398 g/mol. The van der Waals surface area contributed by atoms with Crippen molar-refractivity contribution in [2.24, 2.45) is 5.92 Å². The van der Waals surface area contributed by atoms with Crippen LogP contribution in [0, 0.1) is 19.8 Å². The molecule has 158 valence electrons. The monoisotopic (exact) mass is 425 g/mol. The van der Waals surface area contributed by atoms with Gasteiger partial charge in [-0.05, 0) is 68.5 Å². The van der Waals surface area contributed by atoms with Gasteiger partial charge < -0.3 is 5.32 Å². The first-order valence-corrected chi connectivity index (χ1v) is 10.9. The van der Waals surface area contributed by atoms with Crippen LogP contribution in [0.2, 0.25) is 5.02 Å². The molecule has 5 nitrogen and oxygen atoms in total. The van der Waals surface area contributed by atoms with E-state index in [1.807, 2.05) is 24.3 Å². The van der Waals surface area contributed by atoms with Crippen molar-refractivity contribution in [1.82, 2.24) is 15.5 Å². The second kappa shape index (κ2) is 8.40. The summed E-state index contributed by atoms with van der Waals surface area (Å²) in [5.74, 6) is -0.171. The van der Waals surface area contributed by atoms with E-state index >= 15 is 0 Å². The molecule has 6 heteroatoms. The average molecular weight is 426 g/mol. The van der Waals surface area contributed by atoms with Crippen LogP contribution in [0.4, 0.5) is 4.79 Å². The van der Waals surface area contributed by atoms with Crippen molar-refractivity contribution in [2.45, 2.75) is 45.2 Å². The van der Waals surface area contributed by atoms with Crippen LogP contribution in [0.15, 0.2) is 42.5 Å². The summed E-state index contributed by atoms with van der Waals surface area (Å²) in [4.78, 5) is 27.4. The molecule has 4 rings (SSSR count). The number of hydrogen-bond donors (Lipinski definition) is 2. The second-order valence-electron chi connectivity index (χ2n) is 8.63. The Labute approximate surface area is 182 Å². The molecule has 0 aliphatic carbocycles. The summed E-state index contributed by atoms with van der Waals surface area (Å²) in [7, 11) is 0. The molecule has 2 fully saturated rings. The summed E-state index contributed by atoms with van der Waals surface area (Å²) in [6.07, 6.45) is 2.11. The SMILES string of the molecule is Cc1ccc(CN2CCC([C@]3(Cc4ccccc4Cl)NC(=O)NC3=O)CC2)c(C)c1. The third kappa shape index (κ3) is 4.09. The first-order valence-electron chi connectivity index (χ1n) is 10.5. The number of aryl methyl sites for hydroxylation is 2. The van der Waals surface area contributed by atoms with Gasteiger partial charge in [0.05, 0.1) is 0 Å². The minimum atomic E-state index is -0.937. The zero-order valence-corrected chi connectivity index (χ0v) is 18.3. The summed E-state index contributed by atoms with van der Waals surface area (Å²) in [5, 5.41) is 6.05. The molecule has 0 bridgehead atoms. The highest BCUT2D eigenvalue weighted by Gasteiger charge is 2.52. The maximum Gasteiger partial charge on any atom is 0.322 e. The van der Waals surface area contributed by atoms with Crippen LogP contribution in [0.5, 0.6) is 0 Å². The number of piperidine rings is 1. The quantitative estimate of drug-likeness (QED) is 0.712. The number of urea groups is 1. The molecule has 0 saturated carbocycles. The number of benzene rings is 2. The number of likely N-dealkylation sites (tertiary alicyclic amines) is 1. The average Bonchev–Trinajstić information content (AvgIpc) is 3.00. The Hall–Kier alpha value is -2.37. The van der Waals surface area contributed by atoms with Gasteiger partial charge in [-0.15, -0.1) is 0 Å². The molecule has 2 aliphatic rings. The van der Waals surface area contributed by atoms with E-state index in [1.165, 1.54) is 16.7 Å². The maximum atomic E-state index is 12.9. The van der Waals surface area contributed by atoms with E-state index in [4.69, 9.17) is 11.6 Å². The Kier molecular flexibility index (Phi) is 5.85. The lowest BCUT2D eigenvalue weighted by atomic mass is 9.74. The van der Waals surface area contributed by atoms with Gasteiger partial charge in [0.15, 0.2) is 0 Å². The largest absolute Gasteiger partial charge is 0.323 e. The second-order valence-corrected chi connectivity index (χ2v) is 9.04. The minimum Gasteiger partial charge on any atom is -0.323 e. The van der Waals surface area contributed by atoms with Gasteiger partial charge in [0, 0.05) is 18.0 Å². The molecule has 1 atom stereocenters. The molecule has 30 heavy (non-hydrogen) atoms. The number of imide groups is 1. The first kappa shape index (κ1) is 20.9. The first-order chi connectivity index (χ1) is 14.4. The molecule has 2 aliphatic heterocycles. The molecule has 0 aromatic heterocycles. The number of hydrogen-bond acceptors (Lipinski definition) is 3. The highest BCUT2D eigenvalue weighted by molar-refractivity contribution is 6.31. The van der Waals surface area contributed by atoms with E-state index < -0.39 is 11.6 Å². The summed E-state index contributed by atoms with van der Waals surface area (Å²) < 4.78 is 0. The fraction of sp³-hybridized carbons (Fsp3) is 0.417. The minimum absolute atomic E-state index is 0.0654. The highest BCUT2D eigenvalue weighted by Crippen LogP contribution is 2.35. The van der Waals surface area contributed by atoms with Crippen LogP contribution in [0.25, 0.3) is 0 Å². The van der Waals surface area contributed by atoms with E-state index in [-0.39, 0.29) is 11.8 Å². The molecule has 2 aromatic carbocycles. The van der Waals surface area contributed by atoms with Crippen LogP contribution < -0.4 is 10.6 Å². The molecule has 2 aromatic rings. The molecule has 2 saturated heterocycles. The van der Waals surface area contributed by atoms with E-state index in [9.17, 15) is 9.59 Å². The zero-order chi connectivity index (χ0) is 21.3. The predicted octanol–water partition coefficient (Wildman–Crippen LogP) is 3.99. The third-order valence-corrected chi connectivity index (χ3v) is 6.94. The van der Waals surface area contributed by atoms with Crippen molar-refractivity contribution in [3.8, 4) is 0 Å². The van der Waals surface area contributed by atoms with Crippen molar-refractivity contribution >= 4 is 23.5 Å². The number of carbonyl (C=O) groups excluding carboxylic acids is 2. The number of amides is 3. The van der Waals surface area contributed by atoms with Crippen molar-refractivity contribution in [1.29, 1.82) is 0 Å². The summed E-state index contributed by atoms with van der Waals surface area (Å²) >= 11 is 6.37. The number of nitrogens with zero attached hydrogens (tertiary/aromatic N) is 1. The van der Waals surface area contributed by atoms with Crippen LogP contribution in [0.3, 0.4) is 0 Å². The number of nitrogens with one attached hydrogen (secondary N) is 2. The van der Waals surface area contributed by atoms with Gasteiger partial charge in [-0.1, -0.05) is 53.6 Å². The maximum absolute atomic E-state index is 12.9. The smallest absolute Gasteiger partial charge is 0.322 e. The van der Waals surface area contributed by atoms with Gasteiger partial charge in [0.25, 0.3) is 5.91 Å². The van der Waals surface area contributed by atoms with E-state index in [0.29, 0.717) is 11.4 Å². The normalized spacial score (nSPS) is 22.8. The molecular formula is C24H28ClN3O2. The third-order valence-electron chi connectivity index (χ3n) is 6.57. The van der Waals surface area contributed by atoms with Gasteiger partial charge in [-0.2, -0.15) is 0 Å². The Bertz CT molecular complexity index is 969. The fourth-order valence-electron chi connectivity index (χ4n) is 4.85. The zero-order valence-electron chi connectivity index (χ0n) is 17.5. The van der Waals surface area contributed by atoms with E-state index in [0.717, 1.165) is 38.0 Å². The van der Waals surface area contributed by atoms with Gasteiger partial charge >= 0.3 is 6.03 Å². The van der Waals surface area contributed by atoms with Crippen molar-refractivity contribution in [2.75, 3.05) is 13.1 Å². The van der Waals surface area contributed by atoms with Crippen LogP contribution in [0.1, 0.15) is 35.1 Å². The summed E-state index contributed by atoms with van der Waals surface area (Å²) in [6.45, 7) is 6.97. The lowest BCUT2D eigenvalue weighted by Gasteiger charge is -2.41. The standard InChI is InChI=1S/C24H28ClN3O2/c1-16-7-8-19(17(2)13-16)15-28-11-9-20(10-12-28)24(22(29)26-23(30)27-24)14-18-5-3-4-6-21(18)25/h3-8,13,20H,9-12,14-15H2,1-2H3,(H2,26,27,29,30)/t24-/m0/s1. The summed E-state index contributed by atoms with van der Waals surface area (Å²) in [6, 6.07) is 13.7. The molecule has 2 N–H and O–H groups in total. The Morgan fingerprint density at radius 2 is 1.80 bits per heavy atom. The highest BCUT2D eigenvalue weighted by atomic mass is 35.5.